The van der Waals surface area contributed by atoms with E-state index in [1.165, 1.54) is 34.5 Å². The van der Waals surface area contributed by atoms with Gasteiger partial charge in [0.2, 0.25) is 0 Å². The minimum Gasteiger partial charge on any atom is -0.383 e. The number of carbonyl (C=O) groups is 1. The summed E-state index contributed by atoms with van der Waals surface area (Å²) in [5.74, 6) is 0.491. The van der Waals surface area contributed by atoms with Crippen LogP contribution in [-0.2, 0) is 11.3 Å². The van der Waals surface area contributed by atoms with E-state index in [0.717, 1.165) is 19.0 Å². The summed E-state index contributed by atoms with van der Waals surface area (Å²) < 4.78 is 6.26. The van der Waals surface area contributed by atoms with E-state index < -0.39 is 0 Å². The first kappa shape index (κ1) is 20.7. The number of piperidine rings is 1. The van der Waals surface area contributed by atoms with Crippen LogP contribution in [-0.4, -0.2) is 53.9 Å². The number of likely N-dealkylation sites (tertiary alicyclic amines) is 1. The summed E-state index contributed by atoms with van der Waals surface area (Å²) in [5.41, 5.74) is 0.000368. The van der Waals surface area contributed by atoms with Crippen LogP contribution in [0.25, 0.3) is 0 Å². The molecule has 2 aromatic heterocycles. The quantitative estimate of drug-likeness (QED) is 0.730. The Kier molecular flexibility index (Phi) is 7.36. The molecule has 7 nitrogen and oxygen atoms in total. The van der Waals surface area contributed by atoms with Crippen LogP contribution in [0.4, 0.5) is 0 Å². The van der Waals surface area contributed by atoms with E-state index in [-0.39, 0.29) is 23.2 Å². The van der Waals surface area contributed by atoms with Crippen LogP contribution in [0.1, 0.15) is 41.2 Å². The molecule has 8 heteroatoms. The SMILES string of the molecule is COCCn1nc(C(=O)NCC(c2cccs2)N2CCC(C)CC2)ccc1=O. The lowest BCUT2D eigenvalue weighted by molar-refractivity contribution is 0.0906. The normalized spacial score (nSPS) is 16.8. The maximum Gasteiger partial charge on any atom is 0.271 e. The molecule has 0 bridgehead atoms. The largest absolute Gasteiger partial charge is 0.383 e. The molecule has 1 aliphatic rings. The van der Waals surface area contributed by atoms with Crippen molar-refractivity contribution >= 4 is 17.2 Å². The Labute approximate surface area is 169 Å². The molecule has 0 spiro atoms. The Morgan fingerprint density at radius 2 is 2.14 bits per heavy atom. The first-order chi connectivity index (χ1) is 13.6. The van der Waals surface area contributed by atoms with Gasteiger partial charge in [-0.1, -0.05) is 13.0 Å². The number of amides is 1. The van der Waals surface area contributed by atoms with E-state index in [9.17, 15) is 9.59 Å². The minimum atomic E-state index is -0.266. The Bertz CT molecular complexity index is 813. The number of aromatic nitrogens is 2. The summed E-state index contributed by atoms with van der Waals surface area (Å²) in [4.78, 5) is 28.2. The van der Waals surface area contributed by atoms with E-state index in [2.05, 4.69) is 39.8 Å². The first-order valence-corrected chi connectivity index (χ1v) is 10.6. The molecule has 0 aliphatic carbocycles. The highest BCUT2D eigenvalue weighted by atomic mass is 32.1. The average Bonchev–Trinajstić information content (AvgIpc) is 3.23. The molecule has 1 saturated heterocycles. The number of carbonyl (C=O) groups excluding carboxylic acids is 1. The van der Waals surface area contributed by atoms with Crippen LogP contribution in [0, 0.1) is 5.92 Å². The monoisotopic (exact) mass is 404 g/mol. The van der Waals surface area contributed by atoms with Crippen LogP contribution in [0.2, 0.25) is 0 Å². The first-order valence-electron chi connectivity index (χ1n) is 9.71. The Balaban J connectivity index is 1.67. The van der Waals surface area contributed by atoms with Gasteiger partial charge in [0.15, 0.2) is 0 Å². The van der Waals surface area contributed by atoms with Gasteiger partial charge >= 0.3 is 0 Å². The van der Waals surface area contributed by atoms with Crippen molar-refractivity contribution in [3.8, 4) is 0 Å². The van der Waals surface area contributed by atoms with Gasteiger partial charge in [-0.3, -0.25) is 14.5 Å². The molecule has 1 fully saturated rings. The van der Waals surface area contributed by atoms with Crippen LogP contribution < -0.4 is 10.9 Å². The second kappa shape index (κ2) is 9.95. The van der Waals surface area contributed by atoms with Crippen molar-refractivity contribution in [1.82, 2.24) is 20.0 Å². The van der Waals surface area contributed by atoms with Gasteiger partial charge in [-0.25, -0.2) is 4.68 Å². The second-order valence-corrected chi connectivity index (χ2v) is 8.21. The summed E-state index contributed by atoms with van der Waals surface area (Å²) >= 11 is 1.72. The third-order valence-corrected chi connectivity index (χ3v) is 6.17. The van der Waals surface area contributed by atoms with E-state index in [1.807, 2.05) is 0 Å². The van der Waals surface area contributed by atoms with Crippen LogP contribution in [0.3, 0.4) is 0 Å². The van der Waals surface area contributed by atoms with Gasteiger partial charge in [0, 0.05) is 24.6 Å². The Morgan fingerprint density at radius 3 is 2.82 bits per heavy atom. The number of ether oxygens (including phenoxy) is 1. The highest BCUT2D eigenvalue weighted by Crippen LogP contribution is 2.29. The van der Waals surface area contributed by atoms with E-state index >= 15 is 0 Å². The Hall–Kier alpha value is -2.03. The molecule has 1 aliphatic heterocycles. The standard InChI is InChI=1S/C20H28N4O3S/c1-15-7-9-23(10-8-15)17(18-4-3-13-28-18)14-21-20(26)16-5-6-19(25)24(22-16)11-12-27-2/h3-6,13,15,17H,7-12,14H2,1-2H3,(H,21,26). The molecular weight excluding hydrogens is 376 g/mol. The lowest BCUT2D eigenvalue weighted by Gasteiger charge is -2.36. The van der Waals surface area contributed by atoms with E-state index in [1.54, 1.807) is 18.4 Å². The molecule has 1 amide bonds. The zero-order valence-electron chi connectivity index (χ0n) is 16.5. The predicted molar refractivity (Wildman–Crippen MR) is 110 cm³/mol. The maximum absolute atomic E-state index is 12.7. The van der Waals surface area contributed by atoms with Crippen molar-refractivity contribution in [3.63, 3.8) is 0 Å². The van der Waals surface area contributed by atoms with E-state index in [4.69, 9.17) is 4.74 Å². The van der Waals surface area contributed by atoms with Gasteiger partial charge in [-0.2, -0.15) is 5.10 Å². The summed E-state index contributed by atoms with van der Waals surface area (Å²) in [6.45, 7) is 5.58. The molecule has 1 unspecified atom stereocenters. The molecule has 0 aromatic carbocycles. The molecular formula is C20H28N4O3S. The number of nitrogens with one attached hydrogen (secondary N) is 1. The number of thiophene rings is 1. The predicted octanol–water partition coefficient (Wildman–Crippen LogP) is 2.15. The fourth-order valence-electron chi connectivity index (χ4n) is 3.42. The average molecular weight is 405 g/mol. The van der Waals surface area contributed by atoms with Crippen LogP contribution in [0.15, 0.2) is 34.4 Å². The van der Waals surface area contributed by atoms with Gasteiger partial charge in [0.1, 0.15) is 5.69 Å². The van der Waals surface area contributed by atoms with Crippen molar-refractivity contribution in [2.24, 2.45) is 5.92 Å². The highest BCUT2D eigenvalue weighted by molar-refractivity contribution is 7.10. The van der Waals surface area contributed by atoms with Gasteiger partial charge in [-0.15, -0.1) is 11.3 Å². The molecule has 152 valence electrons. The Morgan fingerprint density at radius 1 is 1.36 bits per heavy atom. The van der Waals surface area contributed by atoms with Crippen LogP contribution >= 0.6 is 11.3 Å². The van der Waals surface area contributed by atoms with Gasteiger partial charge in [0.25, 0.3) is 11.5 Å². The smallest absolute Gasteiger partial charge is 0.271 e. The molecule has 3 heterocycles. The molecule has 2 aromatic rings. The zero-order chi connectivity index (χ0) is 19.9. The molecule has 0 saturated carbocycles. The molecule has 28 heavy (non-hydrogen) atoms. The minimum absolute atomic E-state index is 0.163. The van der Waals surface area contributed by atoms with Gasteiger partial charge in [0.05, 0.1) is 19.2 Å². The number of hydrogen-bond donors (Lipinski definition) is 1. The van der Waals surface area contributed by atoms with Gasteiger partial charge in [-0.05, 0) is 49.4 Å². The summed E-state index contributed by atoms with van der Waals surface area (Å²) in [6.07, 6.45) is 2.36. The van der Waals surface area contributed by atoms with Crippen molar-refractivity contribution in [2.45, 2.75) is 32.4 Å². The number of rotatable bonds is 8. The molecule has 1 N–H and O–H groups in total. The second-order valence-electron chi connectivity index (χ2n) is 7.23. The van der Waals surface area contributed by atoms with Crippen molar-refractivity contribution in [1.29, 1.82) is 0 Å². The fourth-order valence-corrected chi connectivity index (χ4v) is 4.28. The van der Waals surface area contributed by atoms with E-state index in [0.29, 0.717) is 19.7 Å². The van der Waals surface area contributed by atoms with Crippen LogP contribution in [0.5, 0.6) is 0 Å². The zero-order valence-corrected chi connectivity index (χ0v) is 17.3. The van der Waals surface area contributed by atoms with Crippen molar-refractivity contribution in [2.75, 3.05) is 33.4 Å². The molecule has 0 radical (unpaired) electrons. The third kappa shape index (κ3) is 5.27. The summed E-state index contributed by atoms with van der Waals surface area (Å²) in [5, 5.41) is 9.26. The number of nitrogens with zero attached hydrogens (tertiary/aromatic N) is 3. The van der Waals surface area contributed by atoms with Gasteiger partial charge < -0.3 is 10.1 Å². The topological polar surface area (TPSA) is 76.5 Å². The maximum atomic E-state index is 12.7. The highest BCUT2D eigenvalue weighted by Gasteiger charge is 2.26. The molecule has 3 rings (SSSR count). The lowest BCUT2D eigenvalue weighted by atomic mass is 9.97. The summed E-state index contributed by atoms with van der Waals surface area (Å²) in [6, 6.07) is 7.19. The number of methoxy groups -OCH3 is 1. The number of hydrogen-bond acceptors (Lipinski definition) is 6. The fraction of sp³-hybridized carbons (Fsp3) is 0.550. The molecule has 1 atom stereocenters. The third-order valence-electron chi connectivity index (χ3n) is 5.19. The van der Waals surface area contributed by atoms with Crippen molar-refractivity contribution < 1.29 is 9.53 Å². The summed E-state index contributed by atoms with van der Waals surface area (Å²) in [7, 11) is 1.56. The lowest BCUT2D eigenvalue weighted by Crippen LogP contribution is -2.42. The van der Waals surface area contributed by atoms with Crippen molar-refractivity contribution in [3.05, 3.63) is 50.6 Å².